The summed E-state index contributed by atoms with van der Waals surface area (Å²) in [6.45, 7) is 2.38. The zero-order valence-electron chi connectivity index (χ0n) is 13.5. The first-order valence-electron chi connectivity index (χ1n) is 7.89. The fourth-order valence-corrected chi connectivity index (χ4v) is 2.50. The smallest absolute Gasteiger partial charge is 0.152 e. The summed E-state index contributed by atoms with van der Waals surface area (Å²) in [5, 5.41) is 3.24. The van der Waals surface area contributed by atoms with Crippen molar-refractivity contribution in [3.8, 4) is 0 Å². The Bertz CT molecular complexity index is 889. The van der Waals surface area contributed by atoms with Crippen molar-refractivity contribution in [3.63, 3.8) is 0 Å². The molecule has 1 aromatic heterocycles. The lowest BCUT2D eigenvalue weighted by Crippen LogP contribution is -2.16. The molecule has 0 radical (unpaired) electrons. The van der Waals surface area contributed by atoms with E-state index in [-0.39, 0.29) is 5.82 Å². The molecule has 0 saturated carbocycles. The van der Waals surface area contributed by atoms with Crippen LogP contribution < -0.4 is 11.1 Å². The van der Waals surface area contributed by atoms with E-state index in [0.717, 1.165) is 23.2 Å². The van der Waals surface area contributed by atoms with E-state index < -0.39 is 0 Å². The topological polar surface area (TPSA) is 63.8 Å². The normalized spacial score (nSPS) is 11.7. The Morgan fingerprint density at radius 3 is 2.46 bits per heavy atom. The predicted octanol–water partition coefficient (Wildman–Crippen LogP) is 3.89. The van der Waals surface area contributed by atoms with Gasteiger partial charge >= 0.3 is 0 Å². The molecule has 3 aromatic rings. The average molecular weight is 322 g/mol. The van der Waals surface area contributed by atoms with Gasteiger partial charge < -0.3 is 11.1 Å². The molecule has 122 valence electrons. The number of anilines is 1. The number of benzene rings is 2. The van der Waals surface area contributed by atoms with Crippen LogP contribution in [0.15, 0.2) is 54.6 Å². The molecule has 0 fully saturated rings. The number of rotatable bonds is 5. The molecule has 3 rings (SSSR count). The highest BCUT2D eigenvalue weighted by Crippen LogP contribution is 2.21. The van der Waals surface area contributed by atoms with Gasteiger partial charge in [0.2, 0.25) is 0 Å². The maximum absolute atomic E-state index is 13.8. The Labute approximate surface area is 140 Å². The monoisotopic (exact) mass is 322 g/mol. The largest absolute Gasteiger partial charge is 0.382 e. The van der Waals surface area contributed by atoms with Gasteiger partial charge in [-0.1, -0.05) is 43.3 Å². The van der Waals surface area contributed by atoms with Crippen molar-refractivity contribution in [1.82, 2.24) is 15.3 Å². The van der Waals surface area contributed by atoms with E-state index in [1.807, 2.05) is 43.3 Å². The molecule has 0 atom stereocenters. The van der Waals surface area contributed by atoms with Crippen molar-refractivity contribution in [2.45, 2.75) is 19.9 Å². The minimum Gasteiger partial charge on any atom is -0.382 e. The van der Waals surface area contributed by atoms with Gasteiger partial charge in [-0.2, -0.15) is 0 Å². The number of hydrogen-bond donors (Lipinski definition) is 2. The number of para-hydroxylation sites is 2. The van der Waals surface area contributed by atoms with Crippen molar-refractivity contribution >= 4 is 22.5 Å². The van der Waals surface area contributed by atoms with Gasteiger partial charge in [0.15, 0.2) is 5.82 Å². The van der Waals surface area contributed by atoms with E-state index in [9.17, 15) is 4.39 Å². The first-order chi connectivity index (χ1) is 11.7. The molecule has 5 heteroatoms. The van der Waals surface area contributed by atoms with Crippen LogP contribution in [-0.2, 0) is 6.54 Å². The van der Waals surface area contributed by atoms with E-state index in [2.05, 4.69) is 15.3 Å². The van der Waals surface area contributed by atoms with Gasteiger partial charge in [-0.15, -0.1) is 0 Å². The number of nitrogens with two attached hydrogens (primary N) is 1. The van der Waals surface area contributed by atoms with Gasteiger partial charge in [0.1, 0.15) is 11.5 Å². The third-order valence-electron chi connectivity index (χ3n) is 3.69. The van der Waals surface area contributed by atoms with Crippen molar-refractivity contribution < 1.29 is 4.39 Å². The summed E-state index contributed by atoms with van der Waals surface area (Å²) in [4.78, 5) is 9.03. The SMILES string of the molecule is CC/C=C(/NCc1ccccc1F)c1nc2ccccc2nc1N. The van der Waals surface area contributed by atoms with Gasteiger partial charge in [0, 0.05) is 12.1 Å². The Kier molecular flexibility index (Phi) is 4.70. The number of aromatic nitrogens is 2. The van der Waals surface area contributed by atoms with E-state index in [1.165, 1.54) is 6.07 Å². The van der Waals surface area contributed by atoms with Crippen molar-refractivity contribution in [3.05, 3.63) is 71.7 Å². The predicted molar refractivity (Wildman–Crippen MR) is 95.5 cm³/mol. The molecule has 0 aliphatic heterocycles. The molecular formula is C19H19FN4. The standard InChI is InChI=1S/C19H19FN4/c1-2-7-17(22-12-13-8-3-4-9-14(13)20)18-19(21)24-16-11-6-5-10-15(16)23-18/h3-11,22H,2,12H2,1H3,(H2,21,24)/b17-7+. The zero-order chi connectivity index (χ0) is 16.9. The Morgan fingerprint density at radius 2 is 1.75 bits per heavy atom. The third kappa shape index (κ3) is 3.35. The van der Waals surface area contributed by atoms with Crippen LogP contribution in [0.2, 0.25) is 0 Å². The van der Waals surface area contributed by atoms with E-state index in [0.29, 0.717) is 23.6 Å². The lowest BCUT2D eigenvalue weighted by Gasteiger charge is -2.13. The fraction of sp³-hybridized carbons (Fsp3) is 0.158. The van der Waals surface area contributed by atoms with Gasteiger partial charge in [0.25, 0.3) is 0 Å². The van der Waals surface area contributed by atoms with Crippen molar-refractivity contribution in [2.75, 3.05) is 5.73 Å². The molecule has 24 heavy (non-hydrogen) atoms. The highest BCUT2D eigenvalue weighted by atomic mass is 19.1. The number of hydrogen-bond acceptors (Lipinski definition) is 4. The van der Waals surface area contributed by atoms with Crippen LogP contribution >= 0.6 is 0 Å². The number of nitrogen functional groups attached to an aromatic ring is 1. The highest BCUT2D eigenvalue weighted by molar-refractivity contribution is 5.80. The summed E-state index contributed by atoms with van der Waals surface area (Å²) in [6, 6.07) is 14.3. The first-order valence-corrected chi connectivity index (χ1v) is 7.89. The van der Waals surface area contributed by atoms with Crippen LogP contribution in [0.4, 0.5) is 10.2 Å². The fourth-order valence-electron chi connectivity index (χ4n) is 2.50. The maximum Gasteiger partial charge on any atom is 0.152 e. The van der Waals surface area contributed by atoms with Crippen LogP contribution in [0.3, 0.4) is 0 Å². The number of fused-ring (bicyclic) bond motifs is 1. The molecule has 0 aliphatic carbocycles. The number of allylic oxidation sites excluding steroid dienone is 1. The molecular weight excluding hydrogens is 303 g/mol. The van der Waals surface area contributed by atoms with Gasteiger partial charge in [0.05, 0.1) is 16.7 Å². The van der Waals surface area contributed by atoms with Gasteiger partial charge in [-0.25, -0.2) is 14.4 Å². The van der Waals surface area contributed by atoms with Crippen LogP contribution in [0, 0.1) is 5.82 Å². The zero-order valence-corrected chi connectivity index (χ0v) is 13.5. The molecule has 0 spiro atoms. The summed E-state index contributed by atoms with van der Waals surface area (Å²) in [5.74, 6) is 0.118. The molecule has 1 heterocycles. The lowest BCUT2D eigenvalue weighted by molar-refractivity contribution is 0.605. The van der Waals surface area contributed by atoms with Crippen molar-refractivity contribution in [1.29, 1.82) is 0 Å². The first kappa shape index (κ1) is 15.9. The summed E-state index contributed by atoms with van der Waals surface area (Å²) in [7, 11) is 0. The lowest BCUT2D eigenvalue weighted by atomic mass is 10.2. The number of halogens is 1. The second kappa shape index (κ2) is 7.08. The van der Waals surface area contributed by atoms with Crippen molar-refractivity contribution in [2.24, 2.45) is 0 Å². The maximum atomic E-state index is 13.8. The Morgan fingerprint density at radius 1 is 1.08 bits per heavy atom. The molecule has 0 saturated heterocycles. The quantitative estimate of drug-likeness (QED) is 0.748. The Balaban J connectivity index is 1.92. The summed E-state index contributed by atoms with van der Waals surface area (Å²) in [5.41, 5.74) is 9.56. The van der Waals surface area contributed by atoms with Crippen LogP contribution in [0.1, 0.15) is 24.6 Å². The molecule has 0 amide bonds. The van der Waals surface area contributed by atoms with Crippen LogP contribution in [0.5, 0.6) is 0 Å². The molecule has 2 aromatic carbocycles. The molecule has 0 unspecified atom stereocenters. The second-order valence-corrected chi connectivity index (χ2v) is 5.42. The van der Waals surface area contributed by atoms with E-state index >= 15 is 0 Å². The average Bonchev–Trinajstić information content (AvgIpc) is 2.59. The number of nitrogens with one attached hydrogen (secondary N) is 1. The summed E-state index contributed by atoms with van der Waals surface area (Å²) < 4.78 is 13.8. The van der Waals surface area contributed by atoms with E-state index in [4.69, 9.17) is 5.73 Å². The Hall–Kier alpha value is -2.95. The van der Waals surface area contributed by atoms with E-state index in [1.54, 1.807) is 12.1 Å². The highest BCUT2D eigenvalue weighted by Gasteiger charge is 2.11. The molecule has 3 N–H and O–H groups in total. The van der Waals surface area contributed by atoms with Crippen LogP contribution in [-0.4, -0.2) is 9.97 Å². The summed E-state index contributed by atoms with van der Waals surface area (Å²) >= 11 is 0. The minimum absolute atomic E-state index is 0.238. The summed E-state index contributed by atoms with van der Waals surface area (Å²) in [6.07, 6.45) is 2.78. The second-order valence-electron chi connectivity index (χ2n) is 5.42. The molecule has 4 nitrogen and oxygen atoms in total. The third-order valence-corrected chi connectivity index (χ3v) is 3.69. The van der Waals surface area contributed by atoms with Crippen LogP contribution in [0.25, 0.3) is 16.7 Å². The molecule has 0 bridgehead atoms. The van der Waals surface area contributed by atoms with Gasteiger partial charge in [-0.3, -0.25) is 0 Å². The number of nitrogens with zero attached hydrogens (tertiary/aromatic N) is 2. The minimum atomic E-state index is -0.238. The molecule has 0 aliphatic rings. The van der Waals surface area contributed by atoms with Gasteiger partial charge in [-0.05, 0) is 24.6 Å².